The Balaban J connectivity index is 1.49. The minimum Gasteiger partial charge on any atom is -0.313 e. The zero-order valence-electron chi connectivity index (χ0n) is 16.2. The maximum atomic E-state index is 3.76. The maximum absolute atomic E-state index is 3.76. The number of benzene rings is 2. The summed E-state index contributed by atoms with van der Waals surface area (Å²) in [5, 5.41) is 3.76. The Morgan fingerprint density at radius 3 is 2.00 bits per heavy atom. The Kier molecular flexibility index (Phi) is 7.72. The van der Waals surface area contributed by atoms with Gasteiger partial charge in [0.25, 0.3) is 0 Å². The number of hydrogen-bond acceptors (Lipinski definition) is 2. The van der Waals surface area contributed by atoms with Gasteiger partial charge in [0.2, 0.25) is 0 Å². The first-order valence-electron chi connectivity index (χ1n) is 10.3. The van der Waals surface area contributed by atoms with Crippen LogP contribution in [0, 0.1) is 0 Å². The van der Waals surface area contributed by atoms with Crippen molar-refractivity contribution in [2.45, 2.75) is 50.5 Å². The number of rotatable bonds is 9. The predicted octanol–water partition coefficient (Wildman–Crippen LogP) is 5.06. The molecular formula is C24H34N2. The van der Waals surface area contributed by atoms with Crippen LogP contribution in [-0.4, -0.2) is 37.6 Å². The van der Waals surface area contributed by atoms with Crippen molar-refractivity contribution in [3.05, 3.63) is 71.8 Å². The van der Waals surface area contributed by atoms with E-state index < -0.39 is 0 Å². The largest absolute Gasteiger partial charge is 0.313 e. The third-order valence-corrected chi connectivity index (χ3v) is 5.74. The van der Waals surface area contributed by atoms with Crippen molar-refractivity contribution < 1.29 is 0 Å². The number of hydrogen-bond donors (Lipinski definition) is 1. The second-order valence-corrected chi connectivity index (χ2v) is 7.75. The van der Waals surface area contributed by atoms with Gasteiger partial charge in [-0.15, -0.1) is 0 Å². The molecule has 26 heavy (non-hydrogen) atoms. The number of likely N-dealkylation sites (N-methyl/N-ethyl adjacent to an activating group) is 1. The van der Waals surface area contributed by atoms with Gasteiger partial charge in [-0.25, -0.2) is 0 Å². The Labute approximate surface area is 159 Å². The first-order chi connectivity index (χ1) is 12.8. The predicted molar refractivity (Wildman–Crippen MR) is 112 cm³/mol. The van der Waals surface area contributed by atoms with E-state index in [-0.39, 0.29) is 0 Å². The van der Waals surface area contributed by atoms with E-state index in [1.165, 1.54) is 43.2 Å². The fourth-order valence-electron chi connectivity index (χ4n) is 4.12. The summed E-state index contributed by atoms with van der Waals surface area (Å²) in [7, 11) is 2.26. The highest BCUT2D eigenvalue weighted by Crippen LogP contribution is 2.27. The van der Waals surface area contributed by atoms with Crippen LogP contribution in [0.4, 0.5) is 0 Å². The molecule has 1 saturated carbocycles. The zero-order chi connectivity index (χ0) is 18.0. The van der Waals surface area contributed by atoms with Gasteiger partial charge in [0.1, 0.15) is 0 Å². The zero-order valence-corrected chi connectivity index (χ0v) is 16.2. The molecule has 0 spiro atoms. The lowest BCUT2D eigenvalue weighted by Crippen LogP contribution is -2.37. The minimum atomic E-state index is 0.478. The van der Waals surface area contributed by atoms with Crippen molar-refractivity contribution in [1.29, 1.82) is 0 Å². The summed E-state index contributed by atoms with van der Waals surface area (Å²) in [6, 6.07) is 22.7. The molecule has 0 bridgehead atoms. The highest BCUT2D eigenvalue weighted by Gasteiger charge is 2.15. The fraction of sp³-hybridized carbons (Fsp3) is 0.500. The molecule has 2 aromatic rings. The average Bonchev–Trinajstić information content (AvgIpc) is 2.71. The highest BCUT2D eigenvalue weighted by molar-refractivity contribution is 5.32. The minimum absolute atomic E-state index is 0.478. The van der Waals surface area contributed by atoms with Crippen LogP contribution in [0.25, 0.3) is 0 Å². The summed E-state index contributed by atoms with van der Waals surface area (Å²) in [5.74, 6) is 0.478. The average molecular weight is 351 g/mol. The summed E-state index contributed by atoms with van der Waals surface area (Å²) in [6.07, 6.45) is 8.14. The van der Waals surface area contributed by atoms with Crippen molar-refractivity contribution in [1.82, 2.24) is 10.2 Å². The topological polar surface area (TPSA) is 15.3 Å². The normalized spacial score (nSPS) is 15.7. The molecule has 0 radical (unpaired) electrons. The van der Waals surface area contributed by atoms with Crippen molar-refractivity contribution >= 4 is 0 Å². The van der Waals surface area contributed by atoms with Crippen molar-refractivity contribution in [3.63, 3.8) is 0 Å². The molecule has 0 aliphatic heterocycles. The smallest absolute Gasteiger partial charge is 0.0104 e. The van der Waals surface area contributed by atoms with E-state index in [0.717, 1.165) is 32.1 Å². The van der Waals surface area contributed by atoms with Crippen LogP contribution in [-0.2, 0) is 0 Å². The lowest BCUT2D eigenvalue weighted by atomic mass is 9.88. The van der Waals surface area contributed by atoms with Crippen LogP contribution in [0.1, 0.15) is 55.6 Å². The molecule has 2 heteroatoms. The van der Waals surface area contributed by atoms with Gasteiger partial charge in [0.15, 0.2) is 0 Å². The van der Waals surface area contributed by atoms with E-state index in [0.29, 0.717) is 5.92 Å². The Hall–Kier alpha value is -1.64. The van der Waals surface area contributed by atoms with Gasteiger partial charge in [-0.3, -0.25) is 0 Å². The Morgan fingerprint density at radius 2 is 1.42 bits per heavy atom. The molecule has 0 unspecified atom stereocenters. The summed E-state index contributed by atoms with van der Waals surface area (Å²) in [4.78, 5) is 2.48. The van der Waals surface area contributed by atoms with E-state index in [9.17, 15) is 0 Å². The quantitative estimate of drug-likeness (QED) is 0.680. The molecule has 0 heterocycles. The molecule has 140 valence electrons. The first-order valence-corrected chi connectivity index (χ1v) is 10.3. The van der Waals surface area contributed by atoms with Crippen molar-refractivity contribution in [2.24, 2.45) is 0 Å². The van der Waals surface area contributed by atoms with Crippen molar-refractivity contribution in [3.8, 4) is 0 Å². The van der Waals surface area contributed by atoms with Crippen LogP contribution in [0.15, 0.2) is 60.7 Å². The van der Waals surface area contributed by atoms with Crippen LogP contribution in [0.3, 0.4) is 0 Å². The summed E-state index contributed by atoms with van der Waals surface area (Å²) in [6.45, 7) is 3.37. The monoisotopic (exact) mass is 350 g/mol. The SMILES string of the molecule is CN(CCNC1CCCCC1)CCC(c1ccccc1)c1ccccc1. The molecule has 2 nitrogen and oxygen atoms in total. The molecule has 2 aromatic carbocycles. The molecule has 3 rings (SSSR count). The van der Waals surface area contributed by atoms with Gasteiger partial charge in [0, 0.05) is 25.0 Å². The summed E-state index contributed by atoms with van der Waals surface area (Å²) >= 11 is 0. The second-order valence-electron chi connectivity index (χ2n) is 7.75. The van der Waals surface area contributed by atoms with Gasteiger partial charge in [0.05, 0.1) is 0 Å². The van der Waals surface area contributed by atoms with Gasteiger partial charge in [-0.2, -0.15) is 0 Å². The second kappa shape index (κ2) is 10.5. The molecule has 0 amide bonds. The summed E-state index contributed by atoms with van der Waals surface area (Å²) < 4.78 is 0. The first kappa shape index (κ1) is 19.1. The molecule has 0 aromatic heterocycles. The van der Waals surface area contributed by atoms with Crippen LogP contribution >= 0.6 is 0 Å². The molecule has 0 saturated heterocycles. The van der Waals surface area contributed by atoms with Gasteiger partial charge in [-0.05, 0) is 44.0 Å². The molecule has 1 aliphatic carbocycles. The van der Waals surface area contributed by atoms with Crippen LogP contribution < -0.4 is 5.32 Å². The van der Waals surface area contributed by atoms with E-state index in [4.69, 9.17) is 0 Å². The molecular weight excluding hydrogens is 316 g/mol. The van der Waals surface area contributed by atoms with E-state index in [2.05, 4.69) is 77.9 Å². The number of nitrogens with zero attached hydrogens (tertiary/aromatic N) is 1. The standard InChI is InChI=1S/C24H34N2/c1-26(20-18-25-23-15-9-4-10-16-23)19-17-24(21-11-5-2-6-12-21)22-13-7-3-8-14-22/h2-3,5-8,11-14,23-25H,4,9-10,15-20H2,1H3. The fourth-order valence-corrected chi connectivity index (χ4v) is 4.12. The molecule has 1 aliphatic rings. The number of nitrogens with one attached hydrogen (secondary N) is 1. The van der Waals surface area contributed by atoms with Gasteiger partial charge >= 0.3 is 0 Å². The molecule has 1 fully saturated rings. The lowest BCUT2D eigenvalue weighted by molar-refractivity contribution is 0.299. The summed E-state index contributed by atoms with van der Waals surface area (Å²) in [5.41, 5.74) is 2.85. The molecule has 1 N–H and O–H groups in total. The van der Waals surface area contributed by atoms with E-state index in [1.807, 2.05) is 0 Å². The molecule has 0 atom stereocenters. The van der Waals surface area contributed by atoms with Crippen LogP contribution in [0.2, 0.25) is 0 Å². The third-order valence-electron chi connectivity index (χ3n) is 5.74. The Bertz CT molecular complexity index is 565. The Morgan fingerprint density at radius 1 is 0.846 bits per heavy atom. The highest BCUT2D eigenvalue weighted by atomic mass is 15.1. The van der Waals surface area contributed by atoms with E-state index in [1.54, 1.807) is 0 Å². The van der Waals surface area contributed by atoms with Crippen LogP contribution in [0.5, 0.6) is 0 Å². The maximum Gasteiger partial charge on any atom is 0.0104 e. The van der Waals surface area contributed by atoms with E-state index >= 15 is 0 Å². The van der Waals surface area contributed by atoms with Gasteiger partial charge in [-0.1, -0.05) is 79.9 Å². The van der Waals surface area contributed by atoms with Crippen molar-refractivity contribution in [2.75, 3.05) is 26.7 Å². The lowest BCUT2D eigenvalue weighted by Gasteiger charge is -2.26. The third kappa shape index (κ3) is 5.96. The van der Waals surface area contributed by atoms with Gasteiger partial charge < -0.3 is 10.2 Å².